The van der Waals surface area contributed by atoms with E-state index >= 15 is 0 Å². The molecule has 0 aliphatic rings. The summed E-state index contributed by atoms with van der Waals surface area (Å²) in [5.41, 5.74) is -0.106. The van der Waals surface area contributed by atoms with E-state index in [9.17, 15) is 9.90 Å². The second-order valence-corrected chi connectivity index (χ2v) is 4.16. The maximum absolute atomic E-state index is 10.5. The molecule has 0 saturated carbocycles. The fourth-order valence-electron chi connectivity index (χ4n) is 0.693. The molecule has 0 spiro atoms. The Labute approximate surface area is 87.9 Å². The molecule has 0 aromatic carbocycles. The van der Waals surface area contributed by atoms with Crippen molar-refractivity contribution in [3.63, 3.8) is 0 Å². The summed E-state index contributed by atoms with van der Waals surface area (Å²) in [4.78, 5) is 18.3. The van der Waals surface area contributed by atoms with Gasteiger partial charge in [-0.1, -0.05) is 18.7 Å². The fraction of sp³-hybridized carbons (Fsp3) is 0.286. The van der Waals surface area contributed by atoms with Crippen molar-refractivity contribution in [2.75, 3.05) is 5.75 Å². The maximum Gasteiger partial charge on any atom is 0.188 e. The molecule has 0 N–H and O–H groups in total. The molecular weight excluding hydrogens is 256 g/mol. The highest BCUT2D eigenvalue weighted by Crippen LogP contribution is 2.17. The van der Waals surface area contributed by atoms with E-state index in [1.54, 1.807) is 0 Å². The number of thioether (sulfide) groups is 1. The first-order valence-corrected chi connectivity index (χ1v) is 5.29. The van der Waals surface area contributed by atoms with Crippen LogP contribution in [0, 0.1) is 0 Å². The number of carboxylic acid groups (broad SMARTS) is 1. The van der Waals surface area contributed by atoms with E-state index in [4.69, 9.17) is 0 Å². The molecular formula is C7H6BrN2O2S-. The molecule has 6 heteroatoms. The summed E-state index contributed by atoms with van der Waals surface area (Å²) in [6.07, 6.45) is 1.41. The predicted molar refractivity (Wildman–Crippen MR) is 50.5 cm³/mol. The number of rotatable bonds is 3. The van der Waals surface area contributed by atoms with Crippen LogP contribution in [0.25, 0.3) is 0 Å². The van der Waals surface area contributed by atoms with Crippen LogP contribution in [0.15, 0.2) is 15.8 Å². The second kappa shape index (κ2) is 4.57. The Hall–Kier alpha value is -0.620. The minimum absolute atomic E-state index is 0.106. The molecule has 1 heterocycles. The molecule has 1 rings (SSSR count). The van der Waals surface area contributed by atoms with Crippen LogP contribution >= 0.6 is 27.7 Å². The molecule has 0 amide bonds. The van der Waals surface area contributed by atoms with Crippen molar-refractivity contribution in [3.8, 4) is 0 Å². The van der Waals surface area contributed by atoms with Crippen LogP contribution in [0.4, 0.5) is 0 Å². The number of carboxylic acids is 1. The summed E-state index contributed by atoms with van der Waals surface area (Å²) >= 11 is 4.41. The van der Waals surface area contributed by atoms with Gasteiger partial charge in [-0.2, -0.15) is 0 Å². The molecule has 13 heavy (non-hydrogen) atoms. The third kappa shape index (κ3) is 2.67. The lowest BCUT2D eigenvalue weighted by Gasteiger charge is -2.04. The van der Waals surface area contributed by atoms with Crippen molar-refractivity contribution in [2.45, 2.75) is 12.1 Å². The SMILES string of the molecule is CCSc1ncc(Br)c(C(=O)[O-])n1. The van der Waals surface area contributed by atoms with Gasteiger partial charge in [-0.15, -0.1) is 0 Å². The largest absolute Gasteiger partial charge is 0.543 e. The van der Waals surface area contributed by atoms with Crippen molar-refractivity contribution in [2.24, 2.45) is 0 Å². The summed E-state index contributed by atoms with van der Waals surface area (Å²) in [7, 11) is 0. The van der Waals surface area contributed by atoms with Gasteiger partial charge in [-0.05, 0) is 21.7 Å². The molecule has 1 aromatic heterocycles. The lowest BCUT2D eigenvalue weighted by molar-refractivity contribution is -0.255. The molecule has 4 nitrogen and oxygen atoms in total. The second-order valence-electron chi connectivity index (χ2n) is 2.07. The van der Waals surface area contributed by atoms with E-state index in [0.29, 0.717) is 9.63 Å². The molecule has 0 fully saturated rings. The van der Waals surface area contributed by atoms with Crippen molar-refractivity contribution < 1.29 is 9.90 Å². The van der Waals surface area contributed by atoms with Crippen molar-refractivity contribution in [1.29, 1.82) is 0 Å². The van der Waals surface area contributed by atoms with Crippen LogP contribution in [0.1, 0.15) is 17.4 Å². The number of nitrogens with zero attached hydrogens (tertiary/aromatic N) is 2. The van der Waals surface area contributed by atoms with Crippen LogP contribution in [0.2, 0.25) is 0 Å². The molecule has 0 radical (unpaired) electrons. The van der Waals surface area contributed by atoms with Gasteiger partial charge < -0.3 is 9.90 Å². The molecule has 70 valence electrons. The number of carbonyl (C=O) groups is 1. The van der Waals surface area contributed by atoms with E-state index in [1.807, 2.05) is 6.92 Å². The minimum atomic E-state index is -1.30. The van der Waals surface area contributed by atoms with Crippen LogP contribution in [0.3, 0.4) is 0 Å². The van der Waals surface area contributed by atoms with Crippen LogP contribution in [-0.4, -0.2) is 21.7 Å². The Morgan fingerprint density at radius 3 is 3.00 bits per heavy atom. The van der Waals surface area contributed by atoms with Crippen LogP contribution in [-0.2, 0) is 0 Å². The lowest BCUT2D eigenvalue weighted by Crippen LogP contribution is -2.24. The summed E-state index contributed by atoms with van der Waals surface area (Å²) in [6, 6.07) is 0. The van der Waals surface area contributed by atoms with Gasteiger partial charge in [-0.25, -0.2) is 9.97 Å². The molecule has 0 aliphatic carbocycles. The number of hydrogen-bond donors (Lipinski definition) is 0. The van der Waals surface area contributed by atoms with E-state index in [2.05, 4.69) is 25.9 Å². The van der Waals surface area contributed by atoms with Gasteiger partial charge in [0.2, 0.25) is 0 Å². The van der Waals surface area contributed by atoms with Gasteiger partial charge in [0.15, 0.2) is 5.16 Å². The number of carbonyl (C=O) groups excluding carboxylic acids is 1. The molecule has 0 saturated heterocycles. The third-order valence-electron chi connectivity index (χ3n) is 1.19. The number of aromatic nitrogens is 2. The van der Waals surface area contributed by atoms with E-state index < -0.39 is 5.97 Å². The number of hydrogen-bond acceptors (Lipinski definition) is 5. The van der Waals surface area contributed by atoms with E-state index in [-0.39, 0.29) is 5.69 Å². The zero-order valence-electron chi connectivity index (χ0n) is 6.78. The Kier molecular flexibility index (Phi) is 3.68. The smallest absolute Gasteiger partial charge is 0.188 e. The normalized spacial score (nSPS) is 10.0. The third-order valence-corrected chi connectivity index (χ3v) is 2.51. The molecule has 0 aliphatic heterocycles. The first-order valence-electron chi connectivity index (χ1n) is 3.51. The summed E-state index contributed by atoms with van der Waals surface area (Å²) in [5.74, 6) is -0.499. The molecule has 0 atom stereocenters. The Morgan fingerprint density at radius 2 is 2.46 bits per heavy atom. The Bertz CT molecular complexity index is 332. The predicted octanol–water partition coefficient (Wildman–Crippen LogP) is 0.715. The van der Waals surface area contributed by atoms with Crippen molar-refractivity contribution in [1.82, 2.24) is 9.97 Å². The monoisotopic (exact) mass is 261 g/mol. The fourth-order valence-corrected chi connectivity index (χ4v) is 1.59. The Morgan fingerprint density at radius 1 is 1.77 bits per heavy atom. The minimum Gasteiger partial charge on any atom is -0.543 e. The van der Waals surface area contributed by atoms with Crippen LogP contribution < -0.4 is 5.11 Å². The highest BCUT2D eigenvalue weighted by Gasteiger charge is 2.05. The summed E-state index contributed by atoms with van der Waals surface area (Å²) in [5, 5.41) is 11.0. The van der Waals surface area contributed by atoms with Gasteiger partial charge in [0.1, 0.15) is 5.69 Å². The number of halogens is 1. The zero-order chi connectivity index (χ0) is 9.84. The number of aromatic carboxylic acids is 1. The quantitative estimate of drug-likeness (QED) is 0.593. The summed E-state index contributed by atoms with van der Waals surface area (Å²) in [6.45, 7) is 1.94. The standard InChI is InChI=1S/C7H7BrN2O2S/c1-2-13-7-9-3-4(8)5(10-7)6(11)12/h3H,2H2,1H3,(H,11,12)/p-1. The maximum atomic E-state index is 10.5. The molecule has 1 aromatic rings. The van der Waals surface area contributed by atoms with Crippen molar-refractivity contribution >= 4 is 33.7 Å². The Balaban J connectivity index is 3.04. The first kappa shape index (κ1) is 10.5. The van der Waals surface area contributed by atoms with E-state index in [1.165, 1.54) is 18.0 Å². The average Bonchev–Trinajstić information content (AvgIpc) is 2.08. The lowest BCUT2D eigenvalue weighted by atomic mass is 10.4. The van der Waals surface area contributed by atoms with Gasteiger partial charge in [0, 0.05) is 6.20 Å². The van der Waals surface area contributed by atoms with E-state index in [0.717, 1.165) is 5.75 Å². The highest BCUT2D eigenvalue weighted by molar-refractivity contribution is 9.10. The van der Waals surface area contributed by atoms with Gasteiger partial charge >= 0.3 is 0 Å². The van der Waals surface area contributed by atoms with Crippen molar-refractivity contribution in [3.05, 3.63) is 16.4 Å². The molecule has 0 unspecified atom stereocenters. The first-order chi connectivity index (χ1) is 6.15. The highest BCUT2D eigenvalue weighted by atomic mass is 79.9. The van der Waals surface area contributed by atoms with Gasteiger partial charge in [0.25, 0.3) is 0 Å². The van der Waals surface area contributed by atoms with Gasteiger partial charge in [0.05, 0.1) is 10.4 Å². The topological polar surface area (TPSA) is 65.9 Å². The average molecular weight is 262 g/mol. The summed E-state index contributed by atoms with van der Waals surface area (Å²) < 4.78 is 0.341. The zero-order valence-corrected chi connectivity index (χ0v) is 9.18. The van der Waals surface area contributed by atoms with Crippen LogP contribution in [0.5, 0.6) is 0 Å². The molecule has 0 bridgehead atoms. The van der Waals surface area contributed by atoms with Gasteiger partial charge in [-0.3, -0.25) is 0 Å².